The minimum absolute atomic E-state index is 0.764. The molecule has 0 spiro atoms. The molecule has 0 saturated heterocycles. The second-order valence-electron chi connectivity index (χ2n) is 3.22. The summed E-state index contributed by atoms with van der Waals surface area (Å²) in [5, 5.41) is 0. The van der Waals surface area contributed by atoms with E-state index in [0.717, 1.165) is 24.3 Å². The fourth-order valence-corrected chi connectivity index (χ4v) is 1.37. The normalized spacial score (nSPS) is 10.9. The van der Waals surface area contributed by atoms with Crippen molar-refractivity contribution in [3.8, 4) is 0 Å². The molecule has 0 N–H and O–H groups in total. The zero-order valence-corrected chi connectivity index (χ0v) is 10.1. The van der Waals surface area contributed by atoms with Gasteiger partial charge in [-0.3, -0.25) is 4.90 Å². The number of nitrogens with zero attached hydrogens (tertiary/aromatic N) is 2. The van der Waals surface area contributed by atoms with E-state index >= 15 is 0 Å². The van der Waals surface area contributed by atoms with E-state index in [1.807, 2.05) is 12.3 Å². The van der Waals surface area contributed by atoms with E-state index in [0.29, 0.717) is 0 Å². The van der Waals surface area contributed by atoms with Crippen LogP contribution in [-0.4, -0.2) is 37.2 Å². The standard InChI is InChI=1S/C10H15BrN2O/c1-13(5-6-14-2)8-9-3-4-10(11)12-7-9/h3-4,7H,5-6,8H2,1-2H3. The quantitative estimate of drug-likeness (QED) is 0.755. The summed E-state index contributed by atoms with van der Waals surface area (Å²) in [4.78, 5) is 6.37. The number of halogens is 1. The molecule has 0 aromatic carbocycles. The summed E-state index contributed by atoms with van der Waals surface area (Å²) in [6, 6.07) is 4.03. The fraction of sp³-hybridized carbons (Fsp3) is 0.500. The van der Waals surface area contributed by atoms with Gasteiger partial charge in [-0.05, 0) is 34.6 Å². The molecule has 4 heteroatoms. The van der Waals surface area contributed by atoms with Gasteiger partial charge in [0.1, 0.15) is 4.60 Å². The molecule has 0 unspecified atom stereocenters. The van der Waals surface area contributed by atoms with Crippen LogP contribution in [-0.2, 0) is 11.3 Å². The molecule has 0 aliphatic rings. The topological polar surface area (TPSA) is 25.4 Å². The average molecular weight is 259 g/mol. The van der Waals surface area contributed by atoms with Crippen LogP contribution in [0.3, 0.4) is 0 Å². The molecule has 1 aromatic heterocycles. The molecule has 0 radical (unpaired) electrons. The van der Waals surface area contributed by atoms with Crippen molar-refractivity contribution in [1.29, 1.82) is 0 Å². The average Bonchev–Trinajstić information content (AvgIpc) is 2.18. The maximum atomic E-state index is 5.00. The first-order valence-corrected chi connectivity index (χ1v) is 5.29. The zero-order valence-electron chi connectivity index (χ0n) is 8.53. The van der Waals surface area contributed by atoms with E-state index in [2.05, 4.69) is 38.9 Å². The molecule has 14 heavy (non-hydrogen) atoms. The molecular weight excluding hydrogens is 244 g/mol. The first-order valence-electron chi connectivity index (χ1n) is 4.50. The molecule has 78 valence electrons. The summed E-state index contributed by atoms with van der Waals surface area (Å²) in [5.41, 5.74) is 1.21. The van der Waals surface area contributed by atoms with E-state index in [-0.39, 0.29) is 0 Å². The van der Waals surface area contributed by atoms with Gasteiger partial charge in [0.05, 0.1) is 6.61 Å². The third-order valence-corrected chi connectivity index (χ3v) is 2.39. The molecule has 0 bridgehead atoms. The van der Waals surface area contributed by atoms with Gasteiger partial charge in [-0.15, -0.1) is 0 Å². The minimum atomic E-state index is 0.764. The Kier molecular flexibility index (Phi) is 5.07. The maximum absolute atomic E-state index is 5.00. The van der Waals surface area contributed by atoms with Crippen LogP contribution in [0, 0.1) is 0 Å². The third kappa shape index (κ3) is 4.17. The van der Waals surface area contributed by atoms with E-state index in [4.69, 9.17) is 4.74 Å². The van der Waals surface area contributed by atoms with Crippen molar-refractivity contribution in [2.45, 2.75) is 6.54 Å². The first kappa shape index (κ1) is 11.6. The first-order chi connectivity index (χ1) is 6.72. The largest absolute Gasteiger partial charge is 0.383 e. The lowest BCUT2D eigenvalue weighted by Gasteiger charge is -2.15. The monoisotopic (exact) mass is 258 g/mol. The highest BCUT2D eigenvalue weighted by atomic mass is 79.9. The summed E-state index contributed by atoms with van der Waals surface area (Å²) in [5.74, 6) is 0. The van der Waals surface area contributed by atoms with E-state index in [1.54, 1.807) is 7.11 Å². The molecule has 1 heterocycles. The SMILES string of the molecule is COCCN(C)Cc1ccc(Br)nc1. The number of rotatable bonds is 5. The van der Waals surface area contributed by atoms with Crippen molar-refractivity contribution in [2.75, 3.05) is 27.3 Å². The number of likely N-dealkylation sites (N-methyl/N-ethyl adjacent to an activating group) is 1. The van der Waals surface area contributed by atoms with E-state index < -0.39 is 0 Å². The fourth-order valence-electron chi connectivity index (χ4n) is 1.14. The highest BCUT2D eigenvalue weighted by Crippen LogP contribution is 2.07. The molecular formula is C10H15BrN2O. The zero-order chi connectivity index (χ0) is 10.4. The van der Waals surface area contributed by atoms with Gasteiger partial charge >= 0.3 is 0 Å². The summed E-state index contributed by atoms with van der Waals surface area (Å²) in [7, 11) is 3.79. The number of hydrogen-bond donors (Lipinski definition) is 0. The molecule has 1 aromatic rings. The van der Waals surface area contributed by atoms with Gasteiger partial charge < -0.3 is 4.74 Å². The Bertz CT molecular complexity index is 263. The Hall–Kier alpha value is -0.450. The van der Waals surface area contributed by atoms with Gasteiger partial charge in [0.15, 0.2) is 0 Å². The van der Waals surface area contributed by atoms with Crippen molar-refractivity contribution in [1.82, 2.24) is 9.88 Å². The van der Waals surface area contributed by atoms with E-state index in [9.17, 15) is 0 Å². The predicted octanol–water partition coefficient (Wildman–Crippen LogP) is 1.92. The number of hydrogen-bond acceptors (Lipinski definition) is 3. The van der Waals surface area contributed by atoms with Crippen molar-refractivity contribution >= 4 is 15.9 Å². The smallest absolute Gasteiger partial charge is 0.106 e. The highest BCUT2D eigenvalue weighted by Gasteiger charge is 1.99. The number of methoxy groups -OCH3 is 1. The van der Waals surface area contributed by atoms with Gasteiger partial charge in [-0.1, -0.05) is 6.07 Å². The maximum Gasteiger partial charge on any atom is 0.106 e. The Balaban J connectivity index is 2.39. The Morgan fingerprint density at radius 2 is 2.29 bits per heavy atom. The van der Waals surface area contributed by atoms with Crippen LogP contribution in [0.5, 0.6) is 0 Å². The summed E-state index contributed by atoms with van der Waals surface area (Å²) in [6.07, 6.45) is 1.88. The van der Waals surface area contributed by atoms with Crippen LogP contribution in [0.25, 0.3) is 0 Å². The molecule has 0 aliphatic carbocycles. The van der Waals surface area contributed by atoms with E-state index in [1.165, 1.54) is 5.56 Å². The second-order valence-corrected chi connectivity index (χ2v) is 4.03. The summed E-state index contributed by atoms with van der Waals surface area (Å²) >= 11 is 3.31. The van der Waals surface area contributed by atoms with Gasteiger partial charge in [0.25, 0.3) is 0 Å². The Labute approximate surface area is 93.2 Å². The predicted molar refractivity (Wildman–Crippen MR) is 60.1 cm³/mol. The minimum Gasteiger partial charge on any atom is -0.383 e. The summed E-state index contributed by atoms with van der Waals surface area (Å²) < 4.78 is 5.88. The second kappa shape index (κ2) is 6.11. The highest BCUT2D eigenvalue weighted by molar-refractivity contribution is 9.10. The van der Waals surface area contributed by atoms with Gasteiger partial charge in [-0.25, -0.2) is 4.98 Å². The molecule has 0 aliphatic heterocycles. The van der Waals surface area contributed by atoms with Crippen LogP contribution in [0.2, 0.25) is 0 Å². The van der Waals surface area contributed by atoms with Crippen LogP contribution in [0.1, 0.15) is 5.56 Å². The lowest BCUT2D eigenvalue weighted by atomic mass is 10.3. The Morgan fingerprint density at radius 3 is 2.86 bits per heavy atom. The van der Waals surface area contributed by atoms with Crippen LogP contribution >= 0.6 is 15.9 Å². The van der Waals surface area contributed by atoms with Crippen molar-refractivity contribution in [3.05, 3.63) is 28.5 Å². The van der Waals surface area contributed by atoms with Gasteiger partial charge in [0, 0.05) is 26.4 Å². The third-order valence-electron chi connectivity index (χ3n) is 1.92. The lowest BCUT2D eigenvalue weighted by molar-refractivity contribution is 0.158. The number of aromatic nitrogens is 1. The van der Waals surface area contributed by atoms with Gasteiger partial charge in [-0.2, -0.15) is 0 Å². The van der Waals surface area contributed by atoms with Crippen molar-refractivity contribution in [2.24, 2.45) is 0 Å². The molecule has 0 saturated carbocycles. The molecule has 1 rings (SSSR count). The van der Waals surface area contributed by atoms with Crippen LogP contribution in [0.15, 0.2) is 22.9 Å². The van der Waals surface area contributed by atoms with Gasteiger partial charge in [0.2, 0.25) is 0 Å². The molecule has 0 amide bonds. The molecule has 3 nitrogen and oxygen atoms in total. The molecule has 0 atom stereocenters. The number of ether oxygens (including phenoxy) is 1. The van der Waals surface area contributed by atoms with Crippen LogP contribution in [0.4, 0.5) is 0 Å². The molecule has 0 fully saturated rings. The lowest BCUT2D eigenvalue weighted by Crippen LogP contribution is -2.22. The van der Waals surface area contributed by atoms with Crippen molar-refractivity contribution in [3.63, 3.8) is 0 Å². The Morgan fingerprint density at radius 1 is 1.50 bits per heavy atom. The van der Waals surface area contributed by atoms with Crippen LogP contribution < -0.4 is 0 Å². The number of pyridine rings is 1. The van der Waals surface area contributed by atoms with Crippen molar-refractivity contribution < 1.29 is 4.74 Å². The summed E-state index contributed by atoms with van der Waals surface area (Å²) in [6.45, 7) is 2.61.